The van der Waals surface area contributed by atoms with E-state index in [0.717, 1.165) is 13.0 Å². The van der Waals surface area contributed by atoms with Crippen molar-refractivity contribution in [2.24, 2.45) is 5.73 Å². The Balaban J connectivity index is 1.58. The van der Waals surface area contributed by atoms with E-state index in [2.05, 4.69) is 41.1 Å². The first kappa shape index (κ1) is 13.1. The lowest BCUT2D eigenvalue weighted by molar-refractivity contribution is 0.191. The SMILES string of the molecule is CN(CCN1CCCC1)C1Cc2ccccc2C1N. The molecule has 1 aliphatic heterocycles. The molecule has 1 aliphatic carbocycles. The van der Waals surface area contributed by atoms with Crippen LogP contribution in [0.4, 0.5) is 0 Å². The predicted molar refractivity (Wildman–Crippen MR) is 79.2 cm³/mol. The second-order valence-corrected chi connectivity index (χ2v) is 6.03. The van der Waals surface area contributed by atoms with Gasteiger partial charge in [-0.25, -0.2) is 0 Å². The molecule has 1 saturated heterocycles. The van der Waals surface area contributed by atoms with E-state index in [0.29, 0.717) is 6.04 Å². The molecule has 0 radical (unpaired) electrons. The minimum atomic E-state index is 0.180. The van der Waals surface area contributed by atoms with Crippen molar-refractivity contribution in [3.8, 4) is 0 Å². The minimum Gasteiger partial charge on any atom is -0.323 e. The molecule has 3 nitrogen and oxygen atoms in total. The molecule has 2 aliphatic rings. The van der Waals surface area contributed by atoms with Crippen LogP contribution < -0.4 is 5.73 Å². The van der Waals surface area contributed by atoms with Gasteiger partial charge in [-0.2, -0.15) is 0 Å². The zero-order valence-electron chi connectivity index (χ0n) is 11.9. The van der Waals surface area contributed by atoms with Crippen LogP contribution in [0.2, 0.25) is 0 Å². The van der Waals surface area contributed by atoms with Crippen molar-refractivity contribution in [2.75, 3.05) is 33.2 Å². The van der Waals surface area contributed by atoms with Crippen molar-refractivity contribution in [3.63, 3.8) is 0 Å². The number of nitrogens with two attached hydrogens (primary N) is 1. The number of likely N-dealkylation sites (N-methyl/N-ethyl adjacent to an activating group) is 1. The fourth-order valence-electron chi connectivity index (χ4n) is 3.51. The van der Waals surface area contributed by atoms with Crippen molar-refractivity contribution in [3.05, 3.63) is 35.4 Å². The lowest BCUT2D eigenvalue weighted by Gasteiger charge is -2.29. The van der Waals surface area contributed by atoms with Gasteiger partial charge in [0.05, 0.1) is 0 Å². The highest BCUT2D eigenvalue weighted by Gasteiger charge is 2.32. The molecule has 1 aromatic rings. The van der Waals surface area contributed by atoms with E-state index >= 15 is 0 Å². The van der Waals surface area contributed by atoms with Crippen LogP contribution in [0.1, 0.15) is 30.0 Å². The number of rotatable bonds is 4. The number of fused-ring (bicyclic) bond motifs is 1. The fraction of sp³-hybridized carbons (Fsp3) is 0.625. The minimum absolute atomic E-state index is 0.180. The molecule has 0 saturated carbocycles. The summed E-state index contributed by atoms with van der Waals surface area (Å²) >= 11 is 0. The average Bonchev–Trinajstić information content (AvgIpc) is 3.05. The lowest BCUT2D eigenvalue weighted by Crippen LogP contribution is -2.42. The molecule has 19 heavy (non-hydrogen) atoms. The van der Waals surface area contributed by atoms with Crippen LogP contribution >= 0.6 is 0 Å². The van der Waals surface area contributed by atoms with Crippen molar-refractivity contribution in [1.82, 2.24) is 9.80 Å². The van der Waals surface area contributed by atoms with Crippen LogP contribution in [-0.4, -0.2) is 49.1 Å². The van der Waals surface area contributed by atoms with Crippen LogP contribution in [0.15, 0.2) is 24.3 Å². The fourth-order valence-corrected chi connectivity index (χ4v) is 3.51. The maximum Gasteiger partial charge on any atom is 0.0459 e. The molecular weight excluding hydrogens is 234 g/mol. The summed E-state index contributed by atoms with van der Waals surface area (Å²) in [6, 6.07) is 9.29. The van der Waals surface area contributed by atoms with Crippen molar-refractivity contribution < 1.29 is 0 Å². The van der Waals surface area contributed by atoms with Crippen LogP contribution in [0, 0.1) is 0 Å². The van der Waals surface area contributed by atoms with E-state index in [1.165, 1.54) is 43.6 Å². The highest BCUT2D eigenvalue weighted by Crippen LogP contribution is 2.31. The van der Waals surface area contributed by atoms with Crippen LogP contribution in [0.3, 0.4) is 0 Å². The van der Waals surface area contributed by atoms with Gasteiger partial charge in [-0.15, -0.1) is 0 Å². The summed E-state index contributed by atoms with van der Waals surface area (Å²) in [5.74, 6) is 0. The van der Waals surface area contributed by atoms with Gasteiger partial charge in [-0.3, -0.25) is 4.90 Å². The molecule has 2 atom stereocenters. The molecule has 3 heteroatoms. The molecule has 104 valence electrons. The first-order valence-electron chi connectivity index (χ1n) is 7.51. The van der Waals surface area contributed by atoms with E-state index in [1.54, 1.807) is 0 Å². The van der Waals surface area contributed by atoms with Gasteiger partial charge in [-0.1, -0.05) is 24.3 Å². The van der Waals surface area contributed by atoms with E-state index in [4.69, 9.17) is 5.73 Å². The molecule has 0 spiro atoms. The van der Waals surface area contributed by atoms with Crippen molar-refractivity contribution in [2.45, 2.75) is 31.3 Å². The van der Waals surface area contributed by atoms with Gasteiger partial charge in [0, 0.05) is 25.2 Å². The third-order valence-corrected chi connectivity index (χ3v) is 4.79. The Morgan fingerprint density at radius 2 is 2.00 bits per heavy atom. The summed E-state index contributed by atoms with van der Waals surface area (Å²) in [6.45, 7) is 4.89. The lowest BCUT2D eigenvalue weighted by atomic mass is 10.1. The number of likely N-dealkylation sites (tertiary alicyclic amines) is 1. The Morgan fingerprint density at radius 1 is 1.26 bits per heavy atom. The second kappa shape index (κ2) is 5.61. The first-order valence-corrected chi connectivity index (χ1v) is 7.51. The van der Waals surface area contributed by atoms with Gasteiger partial charge in [0.2, 0.25) is 0 Å². The van der Waals surface area contributed by atoms with Gasteiger partial charge in [0.1, 0.15) is 0 Å². The molecular formula is C16H25N3. The zero-order chi connectivity index (χ0) is 13.2. The number of hydrogen-bond acceptors (Lipinski definition) is 3. The van der Waals surface area contributed by atoms with E-state index in [1.807, 2.05) is 0 Å². The predicted octanol–water partition coefficient (Wildman–Crippen LogP) is 1.64. The molecule has 2 N–H and O–H groups in total. The van der Waals surface area contributed by atoms with E-state index in [9.17, 15) is 0 Å². The molecule has 0 bridgehead atoms. The average molecular weight is 259 g/mol. The quantitative estimate of drug-likeness (QED) is 0.892. The van der Waals surface area contributed by atoms with Crippen molar-refractivity contribution in [1.29, 1.82) is 0 Å². The Morgan fingerprint density at radius 3 is 2.74 bits per heavy atom. The number of nitrogens with zero attached hydrogens (tertiary/aromatic N) is 2. The van der Waals surface area contributed by atoms with Crippen molar-refractivity contribution >= 4 is 0 Å². The monoisotopic (exact) mass is 259 g/mol. The Kier molecular flexibility index (Phi) is 3.87. The Labute approximate surface area is 116 Å². The Hall–Kier alpha value is -0.900. The summed E-state index contributed by atoms with van der Waals surface area (Å²) in [7, 11) is 2.23. The maximum absolute atomic E-state index is 6.42. The summed E-state index contributed by atoms with van der Waals surface area (Å²) in [4.78, 5) is 5.03. The highest BCUT2D eigenvalue weighted by molar-refractivity contribution is 5.36. The van der Waals surface area contributed by atoms with Crippen LogP contribution in [0.25, 0.3) is 0 Å². The Bertz CT molecular complexity index is 426. The number of hydrogen-bond donors (Lipinski definition) is 1. The van der Waals surface area contributed by atoms with Gasteiger partial charge in [-0.05, 0) is 50.5 Å². The third kappa shape index (κ3) is 2.69. The smallest absolute Gasteiger partial charge is 0.0459 e. The summed E-state index contributed by atoms with van der Waals surface area (Å²) in [5, 5.41) is 0. The third-order valence-electron chi connectivity index (χ3n) is 4.79. The van der Waals surface area contributed by atoms with Crippen LogP contribution in [0.5, 0.6) is 0 Å². The number of benzene rings is 1. The molecule has 0 aromatic heterocycles. The van der Waals surface area contributed by atoms with Gasteiger partial charge >= 0.3 is 0 Å². The summed E-state index contributed by atoms with van der Waals surface area (Å²) in [6.07, 6.45) is 3.85. The normalized spacial score (nSPS) is 27.1. The largest absolute Gasteiger partial charge is 0.323 e. The second-order valence-electron chi connectivity index (χ2n) is 6.03. The molecule has 0 amide bonds. The van der Waals surface area contributed by atoms with Gasteiger partial charge in [0.15, 0.2) is 0 Å². The van der Waals surface area contributed by atoms with E-state index < -0.39 is 0 Å². The first-order chi connectivity index (χ1) is 9.25. The van der Waals surface area contributed by atoms with Gasteiger partial charge < -0.3 is 10.6 Å². The molecule has 1 fully saturated rings. The molecule has 2 unspecified atom stereocenters. The molecule has 1 heterocycles. The van der Waals surface area contributed by atoms with E-state index in [-0.39, 0.29) is 6.04 Å². The molecule has 3 rings (SSSR count). The zero-order valence-corrected chi connectivity index (χ0v) is 11.9. The highest BCUT2D eigenvalue weighted by atomic mass is 15.2. The standard InChI is InChI=1S/C16H25N3/c1-18(10-11-19-8-4-5-9-19)15-12-13-6-2-3-7-14(13)16(15)17/h2-3,6-7,15-16H,4-5,8-12,17H2,1H3. The topological polar surface area (TPSA) is 32.5 Å². The van der Waals surface area contributed by atoms with Gasteiger partial charge in [0.25, 0.3) is 0 Å². The molecule has 1 aromatic carbocycles. The summed E-state index contributed by atoms with van der Waals surface area (Å²) in [5.41, 5.74) is 9.21. The maximum atomic E-state index is 6.42. The summed E-state index contributed by atoms with van der Waals surface area (Å²) < 4.78 is 0. The van der Waals surface area contributed by atoms with Crippen LogP contribution in [-0.2, 0) is 6.42 Å².